The van der Waals surface area contributed by atoms with Crippen molar-refractivity contribution in [1.82, 2.24) is 0 Å². The van der Waals surface area contributed by atoms with Crippen LogP contribution in [0.3, 0.4) is 0 Å². The molecule has 0 fully saturated rings. The second kappa shape index (κ2) is 20.2. The van der Waals surface area contributed by atoms with E-state index in [1.807, 2.05) is 0 Å². The molecule has 7 rings (SSSR count). The first-order chi connectivity index (χ1) is 30.8. The van der Waals surface area contributed by atoms with Crippen LogP contribution in [-0.4, -0.2) is 56.4 Å². The molecule has 0 aromatic heterocycles. The monoisotopic (exact) mass is 849 g/mol. The smallest absolute Gasteiger partial charge is 0.0390 e. The van der Waals surface area contributed by atoms with E-state index in [-0.39, 0.29) is 0 Å². The van der Waals surface area contributed by atoms with Crippen molar-refractivity contribution in [2.45, 2.75) is 26.7 Å². The van der Waals surface area contributed by atoms with Crippen LogP contribution in [0.25, 0.3) is 16.7 Å². The van der Waals surface area contributed by atoms with Crippen molar-refractivity contribution in [3.63, 3.8) is 0 Å². The number of nitrogens with zero attached hydrogens (tertiary/aromatic N) is 4. The molecule has 0 heterocycles. The Morgan fingerprint density at radius 1 is 0.453 bits per heavy atom. The lowest BCUT2D eigenvalue weighted by Gasteiger charge is -2.21. The molecule has 6 aromatic rings. The number of rotatable bonds is 13. The summed E-state index contributed by atoms with van der Waals surface area (Å²) >= 11 is 0. The predicted molar refractivity (Wildman–Crippen MR) is 281 cm³/mol. The molecule has 1 aliphatic carbocycles. The zero-order valence-corrected chi connectivity index (χ0v) is 39.2. The molecule has 0 saturated heterocycles. The van der Waals surface area contributed by atoms with E-state index in [2.05, 4.69) is 269 Å². The van der Waals surface area contributed by atoms with Gasteiger partial charge in [0, 0.05) is 125 Å². The van der Waals surface area contributed by atoms with E-state index in [0.717, 1.165) is 74.7 Å². The zero-order chi connectivity index (χ0) is 45.3. The van der Waals surface area contributed by atoms with Crippen molar-refractivity contribution in [2.24, 2.45) is 0 Å². The largest absolute Gasteiger partial charge is 0.378 e. The predicted octanol–water partition coefficient (Wildman–Crippen LogP) is 13.4. The van der Waals surface area contributed by atoms with Crippen LogP contribution < -0.4 is 40.9 Å². The van der Waals surface area contributed by atoms with Crippen LogP contribution in [0.1, 0.15) is 31.4 Å². The molecule has 8 nitrogen and oxygen atoms in total. The van der Waals surface area contributed by atoms with E-state index in [9.17, 15) is 0 Å². The van der Waals surface area contributed by atoms with E-state index in [4.69, 9.17) is 0 Å². The van der Waals surface area contributed by atoms with Crippen molar-refractivity contribution in [3.05, 3.63) is 186 Å². The zero-order valence-electron chi connectivity index (χ0n) is 39.2. The van der Waals surface area contributed by atoms with Gasteiger partial charge in [-0.3, -0.25) is 0 Å². The van der Waals surface area contributed by atoms with Crippen molar-refractivity contribution in [2.75, 3.05) is 97.2 Å². The fourth-order valence-electron chi connectivity index (χ4n) is 7.84. The lowest BCUT2D eigenvalue weighted by atomic mass is 9.87. The summed E-state index contributed by atoms with van der Waals surface area (Å²) in [7, 11) is 16.5. The standard InChI is InChI=1S/C56H64N8/c1-39(57-44-18-27-50(28-19-44)61(3)4)36-42-15-16-43(58-45-20-29-51(30-21-45)62(5)6)13-11-12-41-14-17-48(59-46-22-31-52(32-23-46)63(7)8)37-55(41)56-38-49(26-35-54(56)40(42)2)60-47-24-33-53(34-25-47)64(9)10/h11,13-14,16-38,57-60H,12,15H2,1-10H3/b13-11-,39-36+,42-40+,43-16+. The maximum Gasteiger partial charge on any atom is 0.0390 e. The molecule has 0 unspecified atom stereocenters. The number of hydrogen-bond donors (Lipinski definition) is 4. The molecule has 64 heavy (non-hydrogen) atoms. The van der Waals surface area contributed by atoms with E-state index in [1.54, 1.807) is 0 Å². The van der Waals surface area contributed by atoms with Gasteiger partial charge in [0.2, 0.25) is 0 Å². The van der Waals surface area contributed by atoms with Gasteiger partial charge in [-0.15, -0.1) is 0 Å². The highest BCUT2D eigenvalue weighted by Gasteiger charge is 2.17. The summed E-state index contributed by atoms with van der Waals surface area (Å²) in [5.74, 6) is 0. The molecular weight excluding hydrogens is 785 g/mol. The fraction of sp³-hybridized carbons (Fsp3) is 0.214. The van der Waals surface area contributed by atoms with Crippen molar-refractivity contribution < 1.29 is 0 Å². The van der Waals surface area contributed by atoms with Crippen LogP contribution in [0.15, 0.2) is 175 Å². The number of benzene rings is 6. The normalized spacial score (nSPS) is 15.2. The molecule has 0 radical (unpaired) electrons. The average Bonchev–Trinajstić information content (AvgIpc) is 3.28. The Hall–Kier alpha value is -7.32. The Morgan fingerprint density at radius 3 is 1.36 bits per heavy atom. The number of allylic oxidation sites excluding steroid dienone is 7. The van der Waals surface area contributed by atoms with Crippen LogP contribution >= 0.6 is 0 Å². The van der Waals surface area contributed by atoms with Gasteiger partial charge in [0.05, 0.1) is 0 Å². The van der Waals surface area contributed by atoms with Crippen LogP contribution in [-0.2, 0) is 6.42 Å². The Balaban J connectivity index is 1.36. The minimum absolute atomic E-state index is 0.710. The van der Waals surface area contributed by atoms with Gasteiger partial charge >= 0.3 is 0 Å². The Bertz CT molecular complexity index is 2650. The van der Waals surface area contributed by atoms with Gasteiger partial charge in [0.25, 0.3) is 0 Å². The van der Waals surface area contributed by atoms with Gasteiger partial charge in [0.1, 0.15) is 0 Å². The van der Waals surface area contributed by atoms with Crippen molar-refractivity contribution in [3.8, 4) is 11.1 Å². The highest BCUT2D eigenvalue weighted by molar-refractivity contribution is 5.88. The second-order valence-corrected chi connectivity index (χ2v) is 17.3. The molecule has 4 N–H and O–H groups in total. The maximum atomic E-state index is 3.74. The third-order valence-corrected chi connectivity index (χ3v) is 11.6. The molecule has 6 aromatic carbocycles. The first kappa shape index (κ1) is 44.7. The van der Waals surface area contributed by atoms with Crippen LogP contribution in [0.5, 0.6) is 0 Å². The van der Waals surface area contributed by atoms with Gasteiger partial charge < -0.3 is 40.9 Å². The Morgan fingerprint density at radius 2 is 0.875 bits per heavy atom. The van der Waals surface area contributed by atoms with E-state index < -0.39 is 0 Å². The molecule has 0 aliphatic heterocycles. The first-order valence-electron chi connectivity index (χ1n) is 22.0. The number of hydrogen-bond acceptors (Lipinski definition) is 8. The SMILES string of the molecule is C/C(=C\C1=C(/C)c2ccc(Nc3ccc(N(C)C)cc3)cc2-c2cc(Nc3ccc(N(C)C)cc3)ccc2C/C=C\C(Nc2ccc(N(C)C)cc2)=C/C1)Nc1ccc(N(C)C)cc1. The average molecular weight is 849 g/mol. The number of anilines is 10. The highest BCUT2D eigenvalue weighted by Crippen LogP contribution is 2.39. The summed E-state index contributed by atoms with van der Waals surface area (Å²) < 4.78 is 0. The lowest BCUT2D eigenvalue weighted by molar-refractivity contribution is 1.13. The molecule has 0 spiro atoms. The summed E-state index contributed by atoms with van der Waals surface area (Å²) in [5.41, 5.74) is 20.2. The molecule has 0 saturated carbocycles. The molecule has 8 heteroatoms. The molecule has 1 aliphatic rings. The highest BCUT2D eigenvalue weighted by atomic mass is 15.1. The maximum absolute atomic E-state index is 3.74. The summed E-state index contributed by atoms with van der Waals surface area (Å²) in [4.78, 5) is 8.48. The molecule has 0 bridgehead atoms. The minimum Gasteiger partial charge on any atom is -0.378 e. The van der Waals surface area contributed by atoms with Crippen LogP contribution in [0.2, 0.25) is 0 Å². The van der Waals surface area contributed by atoms with Gasteiger partial charge in [-0.05, 0) is 194 Å². The van der Waals surface area contributed by atoms with Gasteiger partial charge in [0.15, 0.2) is 0 Å². The number of fused-ring (bicyclic) bond motifs is 3. The summed E-state index contributed by atoms with van der Waals surface area (Å²) in [5, 5.41) is 14.9. The van der Waals surface area contributed by atoms with Crippen LogP contribution in [0.4, 0.5) is 56.9 Å². The second-order valence-electron chi connectivity index (χ2n) is 17.3. The van der Waals surface area contributed by atoms with E-state index >= 15 is 0 Å². The quantitative estimate of drug-likeness (QED) is 0.0917. The Labute approximate surface area is 381 Å². The van der Waals surface area contributed by atoms with Gasteiger partial charge in [-0.2, -0.15) is 0 Å². The van der Waals surface area contributed by atoms with Gasteiger partial charge in [-0.1, -0.05) is 24.3 Å². The molecule has 0 atom stereocenters. The third-order valence-electron chi connectivity index (χ3n) is 11.6. The number of nitrogens with one attached hydrogen (secondary N) is 4. The molecule has 0 amide bonds. The summed E-state index contributed by atoms with van der Waals surface area (Å²) in [6, 6.07) is 47.9. The van der Waals surface area contributed by atoms with E-state index in [1.165, 1.54) is 33.4 Å². The minimum atomic E-state index is 0.710. The summed E-state index contributed by atoms with van der Waals surface area (Å²) in [6.45, 7) is 4.42. The summed E-state index contributed by atoms with van der Waals surface area (Å²) in [6.07, 6.45) is 10.6. The molecular formula is C56H64N8. The topological polar surface area (TPSA) is 61.1 Å². The molecule has 328 valence electrons. The fourth-order valence-corrected chi connectivity index (χ4v) is 7.84. The van der Waals surface area contributed by atoms with Crippen molar-refractivity contribution >= 4 is 62.4 Å². The Kier molecular flexibility index (Phi) is 14.1. The van der Waals surface area contributed by atoms with E-state index in [0.29, 0.717) is 6.42 Å². The first-order valence-corrected chi connectivity index (χ1v) is 22.0. The lowest BCUT2D eigenvalue weighted by Crippen LogP contribution is -2.08. The van der Waals surface area contributed by atoms with Crippen LogP contribution in [0, 0.1) is 0 Å². The van der Waals surface area contributed by atoms with Crippen molar-refractivity contribution in [1.29, 1.82) is 0 Å². The third kappa shape index (κ3) is 11.4. The van der Waals surface area contributed by atoms with Gasteiger partial charge in [-0.25, -0.2) is 0 Å².